The Kier molecular flexibility index (Phi) is 3.81. The van der Waals surface area contributed by atoms with Gasteiger partial charge in [-0.15, -0.1) is 11.3 Å². The standard InChI is InChI=1S/C15H20N2O2S/c1-18-10-5-3-9(4-6-10)15-17-12-8-13(19-2)11(16)7-14(12)20-15/h7-10H,3-6,16H2,1-2H3. The minimum atomic E-state index is 0.427. The Hall–Kier alpha value is -1.33. The van der Waals surface area contributed by atoms with Crippen molar-refractivity contribution in [3.05, 3.63) is 17.1 Å². The molecular weight excluding hydrogens is 272 g/mol. The van der Waals surface area contributed by atoms with Crippen molar-refractivity contribution in [2.45, 2.75) is 37.7 Å². The first-order valence-electron chi connectivity index (χ1n) is 6.98. The number of nitrogen functional groups attached to an aromatic ring is 1. The number of ether oxygens (including phenoxy) is 2. The topological polar surface area (TPSA) is 57.4 Å². The van der Waals surface area contributed by atoms with Crippen molar-refractivity contribution in [3.8, 4) is 5.75 Å². The van der Waals surface area contributed by atoms with Crippen LogP contribution in [-0.4, -0.2) is 25.3 Å². The van der Waals surface area contributed by atoms with Gasteiger partial charge in [-0.1, -0.05) is 0 Å². The van der Waals surface area contributed by atoms with Crippen LogP contribution < -0.4 is 10.5 Å². The van der Waals surface area contributed by atoms with E-state index in [1.165, 1.54) is 5.01 Å². The van der Waals surface area contributed by atoms with E-state index in [1.807, 2.05) is 12.1 Å². The maximum atomic E-state index is 5.96. The summed E-state index contributed by atoms with van der Waals surface area (Å²) >= 11 is 1.76. The van der Waals surface area contributed by atoms with E-state index in [0.29, 0.717) is 23.5 Å². The van der Waals surface area contributed by atoms with Crippen LogP contribution in [0.15, 0.2) is 12.1 Å². The van der Waals surface area contributed by atoms with Gasteiger partial charge in [-0.2, -0.15) is 0 Å². The third-order valence-corrected chi connectivity index (χ3v) is 5.29. The first-order chi connectivity index (χ1) is 9.71. The molecule has 1 saturated carbocycles. The minimum absolute atomic E-state index is 0.427. The van der Waals surface area contributed by atoms with Crippen molar-refractivity contribution in [3.63, 3.8) is 0 Å². The molecule has 1 aromatic carbocycles. The minimum Gasteiger partial charge on any atom is -0.495 e. The van der Waals surface area contributed by atoms with Crippen molar-refractivity contribution < 1.29 is 9.47 Å². The molecule has 0 aliphatic heterocycles. The average molecular weight is 292 g/mol. The van der Waals surface area contributed by atoms with Crippen LogP contribution in [0, 0.1) is 0 Å². The normalized spacial score (nSPS) is 23.1. The third-order valence-electron chi connectivity index (χ3n) is 4.11. The molecule has 4 nitrogen and oxygen atoms in total. The van der Waals surface area contributed by atoms with Gasteiger partial charge in [0.2, 0.25) is 0 Å². The summed E-state index contributed by atoms with van der Waals surface area (Å²) in [4.78, 5) is 4.78. The molecule has 0 radical (unpaired) electrons. The molecule has 1 aliphatic rings. The molecule has 2 aromatic rings. The summed E-state index contributed by atoms with van der Waals surface area (Å²) in [5.41, 5.74) is 7.63. The van der Waals surface area contributed by atoms with E-state index in [1.54, 1.807) is 25.6 Å². The predicted octanol–water partition coefficient (Wildman–Crippen LogP) is 3.56. The zero-order chi connectivity index (χ0) is 14.1. The van der Waals surface area contributed by atoms with Crippen LogP contribution in [0.1, 0.15) is 36.6 Å². The monoisotopic (exact) mass is 292 g/mol. The largest absolute Gasteiger partial charge is 0.495 e. The van der Waals surface area contributed by atoms with E-state index in [4.69, 9.17) is 20.2 Å². The lowest BCUT2D eigenvalue weighted by Gasteiger charge is -2.26. The zero-order valence-corrected chi connectivity index (χ0v) is 12.7. The summed E-state index contributed by atoms with van der Waals surface area (Å²) in [5.74, 6) is 1.27. The molecule has 0 atom stereocenters. The Morgan fingerprint density at radius 2 is 1.95 bits per heavy atom. The maximum Gasteiger partial charge on any atom is 0.143 e. The quantitative estimate of drug-likeness (QED) is 0.879. The van der Waals surface area contributed by atoms with Gasteiger partial charge in [0.15, 0.2) is 0 Å². The molecule has 0 unspecified atom stereocenters. The molecule has 1 heterocycles. The molecular formula is C15H20N2O2S. The SMILES string of the molecule is COc1cc2nc(C3CCC(OC)CC3)sc2cc1N. The van der Waals surface area contributed by atoms with Crippen LogP contribution in [0.2, 0.25) is 0 Å². The molecule has 0 spiro atoms. The summed E-state index contributed by atoms with van der Waals surface area (Å²) in [6.45, 7) is 0. The van der Waals surface area contributed by atoms with Crippen molar-refractivity contribution in [1.82, 2.24) is 4.98 Å². The molecule has 5 heteroatoms. The second-order valence-corrected chi connectivity index (χ2v) is 6.39. The lowest BCUT2D eigenvalue weighted by Crippen LogP contribution is -2.19. The smallest absolute Gasteiger partial charge is 0.143 e. The maximum absolute atomic E-state index is 5.96. The van der Waals surface area contributed by atoms with Gasteiger partial charge in [0.25, 0.3) is 0 Å². The molecule has 20 heavy (non-hydrogen) atoms. The third kappa shape index (κ3) is 2.47. The molecule has 0 amide bonds. The van der Waals surface area contributed by atoms with E-state index in [2.05, 4.69) is 0 Å². The molecule has 1 aliphatic carbocycles. The lowest BCUT2D eigenvalue weighted by atomic mass is 9.88. The van der Waals surface area contributed by atoms with Gasteiger partial charge in [0.1, 0.15) is 5.75 Å². The van der Waals surface area contributed by atoms with Gasteiger partial charge in [0, 0.05) is 19.1 Å². The van der Waals surface area contributed by atoms with Gasteiger partial charge in [-0.3, -0.25) is 0 Å². The second-order valence-electron chi connectivity index (χ2n) is 5.32. The summed E-state index contributed by atoms with van der Waals surface area (Å²) in [5, 5.41) is 1.22. The van der Waals surface area contributed by atoms with Crippen LogP contribution in [0.3, 0.4) is 0 Å². The number of thiazole rings is 1. The second kappa shape index (κ2) is 5.58. The van der Waals surface area contributed by atoms with Crippen LogP contribution >= 0.6 is 11.3 Å². The number of nitrogens with two attached hydrogens (primary N) is 1. The Morgan fingerprint density at radius 1 is 1.20 bits per heavy atom. The first kappa shape index (κ1) is 13.6. The number of benzene rings is 1. The Balaban J connectivity index is 1.86. The fourth-order valence-corrected chi connectivity index (χ4v) is 4.05. The number of fused-ring (bicyclic) bond motifs is 1. The molecule has 108 valence electrons. The number of nitrogens with zero attached hydrogens (tertiary/aromatic N) is 1. The van der Waals surface area contributed by atoms with Gasteiger partial charge < -0.3 is 15.2 Å². The average Bonchev–Trinajstić information content (AvgIpc) is 2.89. The van der Waals surface area contributed by atoms with Crippen molar-refractivity contribution in [1.29, 1.82) is 0 Å². The van der Waals surface area contributed by atoms with E-state index in [9.17, 15) is 0 Å². The molecule has 0 bridgehead atoms. The van der Waals surface area contributed by atoms with E-state index in [0.717, 1.165) is 35.9 Å². The van der Waals surface area contributed by atoms with Crippen LogP contribution in [-0.2, 0) is 4.74 Å². The Bertz CT molecular complexity index is 603. The fraction of sp³-hybridized carbons (Fsp3) is 0.533. The number of hydrogen-bond acceptors (Lipinski definition) is 5. The van der Waals surface area contributed by atoms with Crippen LogP contribution in [0.4, 0.5) is 5.69 Å². The van der Waals surface area contributed by atoms with Crippen LogP contribution in [0.25, 0.3) is 10.2 Å². The molecule has 1 aromatic heterocycles. The number of rotatable bonds is 3. The number of methoxy groups -OCH3 is 2. The molecule has 0 saturated heterocycles. The Labute approximate surface area is 122 Å². The fourth-order valence-electron chi connectivity index (χ4n) is 2.89. The molecule has 2 N–H and O–H groups in total. The van der Waals surface area contributed by atoms with Crippen molar-refractivity contribution in [2.24, 2.45) is 0 Å². The lowest BCUT2D eigenvalue weighted by molar-refractivity contribution is 0.0658. The van der Waals surface area contributed by atoms with Gasteiger partial charge in [-0.25, -0.2) is 4.98 Å². The number of anilines is 1. The first-order valence-corrected chi connectivity index (χ1v) is 7.79. The summed E-state index contributed by atoms with van der Waals surface area (Å²) in [6, 6.07) is 3.90. The van der Waals surface area contributed by atoms with Crippen molar-refractivity contribution >= 4 is 27.2 Å². The van der Waals surface area contributed by atoms with E-state index >= 15 is 0 Å². The van der Waals surface area contributed by atoms with E-state index in [-0.39, 0.29) is 0 Å². The van der Waals surface area contributed by atoms with Gasteiger partial charge >= 0.3 is 0 Å². The highest BCUT2D eigenvalue weighted by Gasteiger charge is 2.24. The highest BCUT2D eigenvalue weighted by atomic mass is 32.1. The summed E-state index contributed by atoms with van der Waals surface area (Å²) in [6.07, 6.45) is 5.00. The van der Waals surface area contributed by atoms with E-state index < -0.39 is 0 Å². The van der Waals surface area contributed by atoms with Crippen LogP contribution in [0.5, 0.6) is 5.75 Å². The summed E-state index contributed by atoms with van der Waals surface area (Å²) < 4.78 is 11.8. The Morgan fingerprint density at radius 3 is 2.60 bits per heavy atom. The van der Waals surface area contributed by atoms with Gasteiger partial charge in [-0.05, 0) is 31.7 Å². The molecule has 3 rings (SSSR count). The van der Waals surface area contributed by atoms with Gasteiger partial charge in [0.05, 0.1) is 34.1 Å². The number of aromatic nitrogens is 1. The highest BCUT2D eigenvalue weighted by molar-refractivity contribution is 7.18. The van der Waals surface area contributed by atoms with Crippen molar-refractivity contribution in [2.75, 3.05) is 20.0 Å². The summed E-state index contributed by atoms with van der Waals surface area (Å²) in [7, 11) is 3.44. The molecule has 1 fully saturated rings. The highest BCUT2D eigenvalue weighted by Crippen LogP contribution is 2.39. The zero-order valence-electron chi connectivity index (χ0n) is 11.9. The predicted molar refractivity (Wildman–Crippen MR) is 82.6 cm³/mol. The number of hydrogen-bond donors (Lipinski definition) is 1.